The van der Waals surface area contributed by atoms with Crippen LogP contribution in [0.15, 0.2) is 24.3 Å². The summed E-state index contributed by atoms with van der Waals surface area (Å²) in [7, 11) is 0. The van der Waals surface area contributed by atoms with Gasteiger partial charge in [-0.2, -0.15) is 0 Å². The molecule has 1 atom stereocenters. The molecule has 98 valence electrons. The molecule has 1 aliphatic carbocycles. The summed E-state index contributed by atoms with van der Waals surface area (Å²) in [6.07, 6.45) is 6.86. The van der Waals surface area contributed by atoms with Gasteiger partial charge < -0.3 is 10.2 Å². The van der Waals surface area contributed by atoms with Gasteiger partial charge in [-0.3, -0.25) is 0 Å². The summed E-state index contributed by atoms with van der Waals surface area (Å²) in [6, 6.07) is 10.4. The number of nitrogens with one attached hydrogen (secondary N) is 1. The molecule has 0 spiro atoms. The average Bonchev–Trinajstić information content (AvgIpc) is 2.93. The number of anilines is 1. The first-order chi connectivity index (χ1) is 8.90. The van der Waals surface area contributed by atoms with Crippen LogP contribution in [0, 0.1) is 0 Å². The highest BCUT2D eigenvalue weighted by Gasteiger charge is 2.29. The summed E-state index contributed by atoms with van der Waals surface area (Å²) in [5.41, 5.74) is 3.00. The third kappa shape index (κ3) is 2.14. The van der Waals surface area contributed by atoms with E-state index in [9.17, 15) is 0 Å². The molecule has 3 rings (SSSR count). The van der Waals surface area contributed by atoms with Crippen LogP contribution in [-0.2, 0) is 0 Å². The van der Waals surface area contributed by atoms with E-state index in [1.807, 2.05) is 0 Å². The molecule has 0 aromatic heterocycles. The SMILES string of the molecule is CCNC1CCN(C2CCCC2)c2ccccc21. The quantitative estimate of drug-likeness (QED) is 0.875. The van der Waals surface area contributed by atoms with Crippen molar-refractivity contribution in [3.05, 3.63) is 29.8 Å². The number of benzene rings is 1. The molecule has 1 N–H and O–H groups in total. The van der Waals surface area contributed by atoms with E-state index in [-0.39, 0.29) is 0 Å². The van der Waals surface area contributed by atoms with E-state index < -0.39 is 0 Å². The number of hydrogen-bond acceptors (Lipinski definition) is 2. The first kappa shape index (κ1) is 12.0. The molecular formula is C16H24N2. The molecule has 0 amide bonds. The lowest BCUT2D eigenvalue weighted by Gasteiger charge is -2.39. The molecule has 18 heavy (non-hydrogen) atoms. The molecule has 1 heterocycles. The summed E-state index contributed by atoms with van der Waals surface area (Å²) in [5, 5.41) is 3.63. The third-order valence-electron chi connectivity index (χ3n) is 4.50. The van der Waals surface area contributed by atoms with Crippen LogP contribution in [0.25, 0.3) is 0 Å². The first-order valence-corrected chi connectivity index (χ1v) is 7.49. The van der Waals surface area contributed by atoms with Gasteiger partial charge in [0, 0.05) is 24.3 Å². The number of para-hydroxylation sites is 1. The second-order valence-electron chi connectivity index (χ2n) is 5.59. The maximum atomic E-state index is 3.63. The average molecular weight is 244 g/mol. The van der Waals surface area contributed by atoms with Crippen molar-refractivity contribution in [2.24, 2.45) is 0 Å². The van der Waals surface area contributed by atoms with Crippen molar-refractivity contribution in [2.45, 2.75) is 51.1 Å². The molecule has 1 aromatic carbocycles. The summed E-state index contributed by atoms with van der Waals surface area (Å²) < 4.78 is 0. The summed E-state index contributed by atoms with van der Waals surface area (Å²) in [4.78, 5) is 2.68. The van der Waals surface area contributed by atoms with Crippen molar-refractivity contribution in [1.29, 1.82) is 0 Å². The van der Waals surface area contributed by atoms with Gasteiger partial charge in [0.1, 0.15) is 0 Å². The highest BCUT2D eigenvalue weighted by atomic mass is 15.2. The smallest absolute Gasteiger partial charge is 0.0417 e. The Bertz CT molecular complexity index is 396. The van der Waals surface area contributed by atoms with Crippen molar-refractivity contribution < 1.29 is 0 Å². The minimum absolute atomic E-state index is 0.559. The number of rotatable bonds is 3. The van der Waals surface area contributed by atoms with E-state index in [0.29, 0.717) is 6.04 Å². The Kier molecular flexibility index (Phi) is 3.55. The molecule has 2 nitrogen and oxygen atoms in total. The van der Waals surface area contributed by atoms with Gasteiger partial charge in [0.05, 0.1) is 0 Å². The molecule has 1 unspecified atom stereocenters. The van der Waals surface area contributed by atoms with E-state index in [1.54, 1.807) is 0 Å². The number of nitrogens with zero attached hydrogens (tertiary/aromatic N) is 1. The summed E-state index contributed by atoms with van der Waals surface area (Å²) in [6.45, 7) is 4.48. The highest BCUT2D eigenvalue weighted by Crippen LogP contribution is 2.37. The predicted octanol–water partition coefficient (Wildman–Crippen LogP) is 3.49. The largest absolute Gasteiger partial charge is 0.368 e. The number of hydrogen-bond donors (Lipinski definition) is 1. The van der Waals surface area contributed by atoms with Crippen LogP contribution < -0.4 is 10.2 Å². The lowest BCUT2D eigenvalue weighted by molar-refractivity contribution is 0.466. The monoisotopic (exact) mass is 244 g/mol. The molecule has 1 fully saturated rings. The van der Waals surface area contributed by atoms with E-state index >= 15 is 0 Å². The van der Waals surface area contributed by atoms with Gasteiger partial charge in [0.25, 0.3) is 0 Å². The Balaban J connectivity index is 1.88. The fraction of sp³-hybridized carbons (Fsp3) is 0.625. The fourth-order valence-corrected chi connectivity index (χ4v) is 3.64. The highest BCUT2D eigenvalue weighted by molar-refractivity contribution is 5.57. The van der Waals surface area contributed by atoms with Crippen molar-refractivity contribution in [1.82, 2.24) is 5.32 Å². The third-order valence-corrected chi connectivity index (χ3v) is 4.50. The van der Waals surface area contributed by atoms with Gasteiger partial charge >= 0.3 is 0 Å². The van der Waals surface area contributed by atoms with Gasteiger partial charge in [-0.15, -0.1) is 0 Å². The molecule has 0 radical (unpaired) electrons. The lowest BCUT2D eigenvalue weighted by atomic mass is 9.94. The second kappa shape index (κ2) is 5.31. The van der Waals surface area contributed by atoms with E-state index in [1.165, 1.54) is 49.9 Å². The van der Waals surface area contributed by atoms with Gasteiger partial charge in [-0.1, -0.05) is 38.0 Å². The molecule has 0 bridgehead atoms. The van der Waals surface area contributed by atoms with Crippen molar-refractivity contribution in [3.8, 4) is 0 Å². The van der Waals surface area contributed by atoms with Crippen LogP contribution in [0.5, 0.6) is 0 Å². The van der Waals surface area contributed by atoms with Gasteiger partial charge in [-0.05, 0) is 37.4 Å². The summed E-state index contributed by atoms with van der Waals surface area (Å²) in [5.74, 6) is 0. The molecule has 0 saturated heterocycles. The minimum Gasteiger partial charge on any atom is -0.368 e. The predicted molar refractivity (Wildman–Crippen MR) is 77.1 cm³/mol. The first-order valence-electron chi connectivity index (χ1n) is 7.49. The zero-order valence-corrected chi connectivity index (χ0v) is 11.4. The van der Waals surface area contributed by atoms with Crippen molar-refractivity contribution >= 4 is 5.69 Å². The Morgan fingerprint density at radius 1 is 1.17 bits per heavy atom. The van der Waals surface area contributed by atoms with E-state index in [2.05, 4.69) is 41.4 Å². The number of fused-ring (bicyclic) bond motifs is 1. The maximum absolute atomic E-state index is 3.63. The molecule has 1 aliphatic heterocycles. The standard InChI is InChI=1S/C16H24N2/c1-2-17-15-11-12-18(13-7-3-4-8-13)16-10-6-5-9-14(15)16/h5-6,9-10,13,15,17H,2-4,7-8,11-12H2,1H3. The van der Waals surface area contributed by atoms with Gasteiger partial charge in [-0.25, -0.2) is 0 Å². The Morgan fingerprint density at radius 2 is 1.94 bits per heavy atom. The van der Waals surface area contributed by atoms with E-state index in [0.717, 1.165) is 12.6 Å². The van der Waals surface area contributed by atoms with Gasteiger partial charge in [0.2, 0.25) is 0 Å². The zero-order chi connectivity index (χ0) is 12.4. The normalized spacial score (nSPS) is 24.3. The fourth-order valence-electron chi connectivity index (χ4n) is 3.64. The molecule has 1 saturated carbocycles. The minimum atomic E-state index is 0.559. The zero-order valence-electron chi connectivity index (χ0n) is 11.4. The molecule has 2 heteroatoms. The Labute approximate surface area is 110 Å². The van der Waals surface area contributed by atoms with Crippen LogP contribution in [0.4, 0.5) is 5.69 Å². The van der Waals surface area contributed by atoms with Crippen LogP contribution in [0.1, 0.15) is 50.6 Å². The molecule has 1 aromatic rings. The Hall–Kier alpha value is -1.02. The van der Waals surface area contributed by atoms with Crippen LogP contribution in [0.3, 0.4) is 0 Å². The van der Waals surface area contributed by atoms with Gasteiger partial charge in [0.15, 0.2) is 0 Å². The summed E-state index contributed by atoms with van der Waals surface area (Å²) >= 11 is 0. The van der Waals surface area contributed by atoms with Crippen LogP contribution >= 0.6 is 0 Å². The molecular weight excluding hydrogens is 220 g/mol. The second-order valence-corrected chi connectivity index (χ2v) is 5.59. The molecule has 2 aliphatic rings. The van der Waals surface area contributed by atoms with E-state index in [4.69, 9.17) is 0 Å². The lowest BCUT2D eigenvalue weighted by Crippen LogP contribution is -2.41. The van der Waals surface area contributed by atoms with Crippen LogP contribution in [-0.4, -0.2) is 19.1 Å². The van der Waals surface area contributed by atoms with Crippen LogP contribution in [0.2, 0.25) is 0 Å². The van der Waals surface area contributed by atoms with Crippen molar-refractivity contribution in [3.63, 3.8) is 0 Å². The Morgan fingerprint density at radius 3 is 2.72 bits per heavy atom. The van der Waals surface area contributed by atoms with Crippen molar-refractivity contribution in [2.75, 3.05) is 18.0 Å². The maximum Gasteiger partial charge on any atom is 0.0417 e. The topological polar surface area (TPSA) is 15.3 Å².